The number of carbonyl (C=O) groups excluding carboxylic acids is 1. The minimum atomic E-state index is -0.450. The van der Waals surface area contributed by atoms with Crippen molar-refractivity contribution >= 4 is 6.03 Å². The van der Waals surface area contributed by atoms with Gasteiger partial charge in [0, 0.05) is 24.7 Å². The van der Waals surface area contributed by atoms with Crippen molar-refractivity contribution in [2.24, 2.45) is 11.5 Å². The van der Waals surface area contributed by atoms with Crippen molar-refractivity contribution in [3.63, 3.8) is 0 Å². The largest absolute Gasteiger partial charge is 0.361 e. The molecule has 0 saturated heterocycles. The fraction of sp³-hybridized carbons (Fsp3) is 0.636. The Bertz CT molecular complexity index is 367. The van der Waals surface area contributed by atoms with Gasteiger partial charge in [0.2, 0.25) is 0 Å². The summed E-state index contributed by atoms with van der Waals surface area (Å²) in [4.78, 5) is 12.8. The molecule has 2 amide bonds. The van der Waals surface area contributed by atoms with E-state index >= 15 is 0 Å². The number of primary amides is 1. The number of amides is 2. The number of aromatic nitrogens is 1. The van der Waals surface area contributed by atoms with E-state index in [-0.39, 0.29) is 6.04 Å². The maximum Gasteiger partial charge on any atom is 0.314 e. The number of aryl methyl sites for hydroxylation is 2. The van der Waals surface area contributed by atoms with Crippen LogP contribution < -0.4 is 11.5 Å². The highest BCUT2D eigenvalue weighted by atomic mass is 16.5. The third-order valence-electron chi connectivity index (χ3n) is 2.63. The van der Waals surface area contributed by atoms with E-state index < -0.39 is 6.03 Å². The Hall–Kier alpha value is -1.56. The zero-order chi connectivity index (χ0) is 13.0. The summed E-state index contributed by atoms with van der Waals surface area (Å²) in [6.45, 7) is 6.56. The summed E-state index contributed by atoms with van der Waals surface area (Å²) in [5.74, 6) is 0.785. The molecule has 1 atom stereocenters. The van der Waals surface area contributed by atoms with E-state index in [1.165, 1.54) is 4.90 Å². The molecule has 0 fully saturated rings. The number of nitrogens with two attached hydrogens (primary N) is 2. The van der Waals surface area contributed by atoms with Crippen molar-refractivity contribution in [3.05, 3.63) is 17.0 Å². The molecule has 0 radical (unpaired) electrons. The van der Waals surface area contributed by atoms with Crippen LogP contribution in [0.5, 0.6) is 0 Å². The third kappa shape index (κ3) is 3.74. The number of hydrogen-bond acceptors (Lipinski definition) is 4. The minimum absolute atomic E-state index is 0.0906. The second-order valence-corrected chi connectivity index (χ2v) is 4.31. The van der Waals surface area contributed by atoms with Gasteiger partial charge in [-0.25, -0.2) is 4.79 Å². The Balaban J connectivity index is 2.61. The van der Waals surface area contributed by atoms with Crippen LogP contribution in [-0.4, -0.2) is 35.2 Å². The number of nitrogens with zero attached hydrogens (tertiary/aromatic N) is 2. The lowest BCUT2D eigenvalue weighted by Gasteiger charge is -2.22. The molecule has 4 N–H and O–H groups in total. The van der Waals surface area contributed by atoms with E-state index in [9.17, 15) is 4.79 Å². The monoisotopic (exact) mass is 240 g/mol. The molecule has 0 aromatic carbocycles. The molecule has 17 heavy (non-hydrogen) atoms. The van der Waals surface area contributed by atoms with Gasteiger partial charge in [-0.15, -0.1) is 0 Å². The Morgan fingerprint density at radius 3 is 2.59 bits per heavy atom. The lowest BCUT2D eigenvalue weighted by molar-refractivity contribution is 0.205. The van der Waals surface area contributed by atoms with Gasteiger partial charge in [-0.1, -0.05) is 5.16 Å². The number of urea groups is 1. The molecular formula is C11H20N4O2. The van der Waals surface area contributed by atoms with E-state index in [0.717, 1.165) is 17.0 Å². The second kappa shape index (κ2) is 5.67. The minimum Gasteiger partial charge on any atom is -0.361 e. The molecule has 1 heterocycles. The van der Waals surface area contributed by atoms with Crippen LogP contribution in [0.4, 0.5) is 4.79 Å². The molecule has 96 valence electrons. The maximum atomic E-state index is 11.2. The van der Waals surface area contributed by atoms with Gasteiger partial charge in [0.25, 0.3) is 0 Å². The van der Waals surface area contributed by atoms with E-state index in [0.29, 0.717) is 19.5 Å². The van der Waals surface area contributed by atoms with Gasteiger partial charge >= 0.3 is 6.03 Å². The average Bonchev–Trinajstić information content (AvgIpc) is 2.53. The van der Waals surface area contributed by atoms with Gasteiger partial charge in [-0.2, -0.15) is 0 Å². The quantitative estimate of drug-likeness (QED) is 0.785. The summed E-state index contributed by atoms with van der Waals surface area (Å²) in [5.41, 5.74) is 12.8. The Labute approximate surface area is 101 Å². The lowest BCUT2D eigenvalue weighted by atomic mass is 10.1. The van der Waals surface area contributed by atoms with E-state index in [4.69, 9.17) is 16.0 Å². The van der Waals surface area contributed by atoms with Gasteiger partial charge in [-0.05, 0) is 27.2 Å². The predicted octanol–water partition coefficient (Wildman–Crippen LogP) is 0.562. The first-order chi connectivity index (χ1) is 7.91. The van der Waals surface area contributed by atoms with Crippen LogP contribution >= 0.6 is 0 Å². The zero-order valence-corrected chi connectivity index (χ0v) is 10.6. The van der Waals surface area contributed by atoms with Crippen molar-refractivity contribution in [1.82, 2.24) is 10.1 Å². The summed E-state index contributed by atoms with van der Waals surface area (Å²) in [6.07, 6.45) is 0.677. The van der Waals surface area contributed by atoms with Crippen molar-refractivity contribution in [1.29, 1.82) is 0 Å². The molecule has 0 aliphatic rings. The van der Waals surface area contributed by atoms with E-state index in [1.807, 2.05) is 20.8 Å². The SMILES string of the molecule is Cc1noc(C)c1CCN(CC(C)N)C(N)=O. The summed E-state index contributed by atoms with van der Waals surface area (Å²) in [7, 11) is 0. The third-order valence-corrected chi connectivity index (χ3v) is 2.63. The standard InChI is InChI=1S/C11H20N4O2/c1-7(12)6-15(11(13)16)5-4-10-8(2)14-17-9(10)3/h7H,4-6,12H2,1-3H3,(H2,13,16). The second-order valence-electron chi connectivity index (χ2n) is 4.31. The van der Waals surface area contributed by atoms with Crippen molar-refractivity contribution < 1.29 is 9.32 Å². The summed E-state index contributed by atoms with van der Waals surface area (Å²) in [6, 6.07) is -0.541. The highest BCUT2D eigenvalue weighted by Crippen LogP contribution is 2.13. The molecule has 0 spiro atoms. The molecule has 0 aliphatic carbocycles. The molecule has 6 heteroatoms. The molecule has 0 bridgehead atoms. The van der Waals surface area contributed by atoms with Crippen molar-refractivity contribution in [2.45, 2.75) is 33.2 Å². The Morgan fingerprint density at radius 1 is 1.53 bits per heavy atom. The molecule has 1 aromatic heterocycles. The Kier molecular flexibility index (Phi) is 4.51. The molecule has 6 nitrogen and oxygen atoms in total. The average molecular weight is 240 g/mol. The number of carbonyl (C=O) groups is 1. The van der Waals surface area contributed by atoms with Crippen LogP contribution in [-0.2, 0) is 6.42 Å². The molecule has 0 aliphatic heterocycles. The lowest BCUT2D eigenvalue weighted by Crippen LogP contribution is -2.43. The number of hydrogen-bond donors (Lipinski definition) is 2. The van der Waals surface area contributed by atoms with Crippen LogP contribution in [0.15, 0.2) is 4.52 Å². The van der Waals surface area contributed by atoms with Crippen molar-refractivity contribution in [3.8, 4) is 0 Å². The molecule has 1 rings (SSSR count). The zero-order valence-electron chi connectivity index (χ0n) is 10.6. The first kappa shape index (κ1) is 13.5. The summed E-state index contributed by atoms with van der Waals surface area (Å²) < 4.78 is 5.06. The van der Waals surface area contributed by atoms with Crippen molar-refractivity contribution in [2.75, 3.05) is 13.1 Å². The van der Waals surface area contributed by atoms with Gasteiger partial charge in [0.15, 0.2) is 0 Å². The van der Waals surface area contributed by atoms with E-state index in [2.05, 4.69) is 5.16 Å². The molecular weight excluding hydrogens is 220 g/mol. The maximum absolute atomic E-state index is 11.2. The van der Waals surface area contributed by atoms with Gasteiger partial charge < -0.3 is 20.9 Å². The summed E-state index contributed by atoms with van der Waals surface area (Å²) >= 11 is 0. The molecule has 0 saturated carbocycles. The van der Waals surface area contributed by atoms with Gasteiger partial charge in [0.1, 0.15) is 5.76 Å². The van der Waals surface area contributed by atoms with Gasteiger partial charge in [-0.3, -0.25) is 0 Å². The molecule has 1 aromatic rings. The highest BCUT2D eigenvalue weighted by Gasteiger charge is 2.14. The predicted molar refractivity (Wildman–Crippen MR) is 64.5 cm³/mol. The summed E-state index contributed by atoms with van der Waals surface area (Å²) in [5, 5.41) is 3.87. The van der Waals surface area contributed by atoms with Crippen LogP contribution in [0.1, 0.15) is 23.9 Å². The van der Waals surface area contributed by atoms with E-state index in [1.54, 1.807) is 0 Å². The molecule has 1 unspecified atom stereocenters. The first-order valence-corrected chi connectivity index (χ1v) is 5.63. The topological polar surface area (TPSA) is 98.4 Å². The van der Waals surface area contributed by atoms with Gasteiger partial charge in [0.05, 0.1) is 5.69 Å². The van der Waals surface area contributed by atoms with Crippen LogP contribution in [0.25, 0.3) is 0 Å². The normalized spacial score (nSPS) is 12.5. The first-order valence-electron chi connectivity index (χ1n) is 5.63. The highest BCUT2D eigenvalue weighted by molar-refractivity contribution is 5.72. The fourth-order valence-electron chi connectivity index (χ4n) is 1.74. The number of rotatable bonds is 5. The van der Waals surface area contributed by atoms with Crippen LogP contribution in [0.2, 0.25) is 0 Å². The smallest absolute Gasteiger partial charge is 0.314 e. The fourth-order valence-corrected chi connectivity index (χ4v) is 1.74. The Morgan fingerprint density at radius 2 is 2.18 bits per heavy atom. The van der Waals surface area contributed by atoms with Crippen LogP contribution in [0.3, 0.4) is 0 Å². The van der Waals surface area contributed by atoms with Crippen LogP contribution in [0, 0.1) is 13.8 Å².